The van der Waals surface area contributed by atoms with E-state index in [-0.39, 0.29) is 5.54 Å². The zero-order chi connectivity index (χ0) is 15.2. The SMILES string of the molecule is CCCNC(Cc1cccc(OC)c1)C(C)(C)N(C)C. The molecule has 0 spiro atoms. The molecule has 1 atom stereocenters. The van der Waals surface area contributed by atoms with E-state index in [4.69, 9.17) is 4.74 Å². The van der Waals surface area contributed by atoms with Crippen molar-refractivity contribution in [2.75, 3.05) is 27.7 Å². The minimum Gasteiger partial charge on any atom is -0.497 e. The third-order valence-corrected chi connectivity index (χ3v) is 4.22. The molecule has 1 aromatic carbocycles. The lowest BCUT2D eigenvalue weighted by atomic mass is 9.88. The molecule has 1 N–H and O–H groups in total. The van der Waals surface area contributed by atoms with Crippen molar-refractivity contribution in [3.8, 4) is 5.75 Å². The van der Waals surface area contributed by atoms with E-state index in [1.807, 2.05) is 6.07 Å². The first-order valence-electron chi connectivity index (χ1n) is 7.45. The van der Waals surface area contributed by atoms with Gasteiger partial charge in [0.15, 0.2) is 0 Å². The second-order valence-electron chi connectivity index (χ2n) is 6.11. The molecule has 0 fully saturated rings. The summed E-state index contributed by atoms with van der Waals surface area (Å²) in [6.07, 6.45) is 2.15. The summed E-state index contributed by atoms with van der Waals surface area (Å²) in [5.41, 5.74) is 1.41. The molecule has 114 valence electrons. The van der Waals surface area contributed by atoms with Crippen LogP contribution in [0.2, 0.25) is 0 Å². The van der Waals surface area contributed by atoms with Crippen LogP contribution in [0.4, 0.5) is 0 Å². The molecule has 0 aromatic heterocycles. The van der Waals surface area contributed by atoms with Crippen LogP contribution in [0.25, 0.3) is 0 Å². The van der Waals surface area contributed by atoms with Gasteiger partial charge in [-0.15, -0.1) is 0 Å². The molecule has 0 aliphatic carbocycles. The Morgan fingerprint density at radius 1 is 1.30 bits per heavy atom. The number of hydrogen-bond donors (Lipinski definition) is 1. The van der Waals surface area contributed by atoms with Gasteiger partial charge in [-0.05, 0) is 65.0 Å². The fraction of sp³-hybridized carbons (Fsp3) is 0.647. The van der Waals surface area contributed by atoms with Crippen LogP contribution in [-0.2, 0) is 6.42 Å². The number of likely N-dealkylation sites (N-methyl/N-ethyl adjacent to an activating group) is 1. The fourth-order valence-corrected chi connectivity index (χ4v) is 2.24. The summed E-state index contributed by atoms with van der Waals surface area (Å²) in [6.45, 7) is 7.84. The highest BCUT2D eigenvalue weighted by molar-refractivity contribution is 5.29. The highest BCUT2D eigenvalue weighted by atomic mass is 16.5. The Kier molecular flexibility index (Phi) is 6.50. The van der Waals surface area contributed by atoms with E-state index in [0.29, 0.717) is 6.04 Å². The summed E-state index contributed by atoms with van der Waals surface area (Å²) in [6, 6.07) is 8.77. The molecular weight excluding hydrogens is 248 g/mol. The first-order chi connectivity index (χ1) is 9.41. The van der Waals surface area contributed by atoms with Crippen LogP contribution in [-0.4, -0.2) is 44.2 Å². The van der Waals surface area contributed by atoms with E-state index in [2.05, 4.69) is 63.3 Å². The van der Waals surface area contributed by atoms with Crippen molar-refractivity contribution < 1.29 is 4.74 Å². The third-order valence-electron chi connectivity index (χ3n) is 4.22. The van der Waals surface area contributed by atoms with Gasteiger partial charge in [-0.25, -0.2) is 0 Å². The average molecular weight is 278 g/mol. The van der Waals surface area contributed by atoms with Gasteiger partial charge in [-0.2, -0.15) is 0 Å². The predicted octanol–water partition coefficient (Wildman–Crippen LogP) is 2.95. The second-order valence-corrected chi connectivity index (χ2v) is 6.11. The first-order valence-corrected chi connectivity index (χ1v) is 7.45. The van der Waals surface area contributed by atoms with Gasteiger partial charge in [-0.3, -0.25) is 0 Å². The molecule has 0 heterocycles. The largest absolute Gasteiger partial charge is 0.497 e. The number of methoxy groups -OCH3 is 1. The Balaban J connectivity index is 2.88. The van der Waals surface area contributed by atoms with Crippen molar-refractivity contribution >= 4 is 0 Å². The average Bonchev–Trinajstić information content (AvgIpc) is 2.43. The van der Waals surface area contributed by atoms with E-state index >= 15 is 0 Å². The molecule has 0 radical (unpaired) electrons. The second kappa shape index (κ2) is 7.65. The molecule has 1 aromatic rings. The lowest BCUT2D eigenvalue weighted by Gasteiger charge is -2.41. The number of benzene rings is 1. The van der Waals surface area contributed by atoms with Crippen LogP contribution < -0.4 is 10.1 Å². The molecule has 1 unspecified atom stereocenters. The van der Waals surface area contributed by atoms with Crippen LogP contribution in [0.1, 0.15) is 32.8 Å². The van der Waals surface area contributed by atoms with Crippen LogP contribution in [0.5, 0.6) is 5.75 Å². The highest BCUT2D eigenvalue weighted by Gasteiger charge is 2.31. The summed E-state index contributed by atoms with van der Waals surface area (Å²) >= 11 is 0. The van der Waals surface area contributed by atoms with Gasteiger partial charge >= 0.3 is 0 Å². The minimum atomic E-state index is 0.0955. The zero-order valence-corrected chi connectivity index (χ0v) is 13.9. The Labute approximate surface area is 124 Å². The minimum absolute atomic E-state index is 0.0955. The van der Waals surface area contributed by atoms with Crippen molar-refractivity contribution in [3.05, 3.63) is 29.8 Å². The van der Waals surface area contributed by atoms with Crippen LogP contribution in [0.3, 0.4) is 0 Å². The number of ether oxygens (including phenoxy) is 1. The lowest BCUT2D eigenvalue weighted by molar-refractivity contribution is 0.137. The normalized spacial score (nSPS) is 13.6. The molecule has 20 heavy (non-hydrogen) atoms. The van der Waals surface area contributed by atoms with E-state index < -0.39 is 0 Å². The maximum absolute atomic E-state index is 5.32. The molecule has 0 bridgehead atoms. The Hall–Kier alpha value is -1.06. The quantitative estimate of drug-likeness (QED) is 0.791. The third kappa shape index (κ3) is 4.50. The monoisotopic (exact) mass is 278 g/mol. The number of rotatable bonds is 8. The van der Waals surface area contributed by atoms with Gasteiger partial charge in [-0.1, -0.05) is 19.1 Å². The molecular formula is C17H30N2O. The smallest absolute Gasteiger partial charge is 0.119 e. The highest BCUT2D eigenvalue weighted by Crippen LogP contribution is 2.21. The summed E-state index contributed by atoms with van der Waals surface area (Å²) in [4.78, 5) is 2.29. The van der Waals surface area contributed by atoms with Crippen molar-refractivity contribution in [1.29, 1.82) is 0 Å². The van der Waals surface area contributed by atoms with Crippen LogP contribution in [0.15, 0.2) is 24.3 Å². The Morgan fingerprint density at radius 3 is 2.55 bits per heavy atom. The molecule has 3 nitrogen and oxygen atoms in total. The van der Waals surface area contributed by atoms with Gasteiger partial charge in [0, 0.05) is 11.6 Å². The van der Waals surface area contributed by atoms with Crippen molar-refractivity contribution in [2.45, 2.75) is 45.2 Å². The lowest BCUT2D eigenvalue weighted by Crippen LogP contribution is -2.56. The molecule has 0 aliphatic heterocycles. The summed E-state index contributed by atoms with van der Waals surface area (Å²) in [5, 5.41) is 3.69. The first kappa shape index (κ1) is 17.0. The maximum atomic E-state index is 5.32. The van der Waals surface area contributed by atoms with E-state index in [1.54, 1.807) is 7.11 Å². The van der Waals surface area contributed by atoms with Crippen molar-refractivity contribution in [1.82, 2.24) is 10.2 Å². The van der Waals surface area contributed by atoms with E-state index in [1.165, 1.54) is 5.56 Å². The summed E-state index contributed by atoms with van der Waals surface area (Å²) in [7, 11) is 6.01. The Bertz CT molecular complexity index is 402. The van der Waals surface area contributed by atoms with Gasteiger partial charge in [0.1, 0.15) is 5.75 Å². The standard InChI is InChI=1S/C17H30N2O/c1-7-11-18-16(17(2,3)19(4)5)13-14-9-8-10-15(12-14)20-6/h8-10,12,16,18H,7,11,13H2,1-6H3. The van der Waals surface area contributed by atoms with Crippen LogP contribution in [0, 0.1) is 0 Å². The van der Waals surface area contributed by atoms with Gasteiger partial charge < -0.3 is 15.0 Å². The molecule has 3 heteroatoms. The molecule has 0 saturated carbocycles. The number of hydrogen-bond acceptors (Lipinski definition) is 3. The topological polar surface area (TPSA) is 24.5 Å². The molecule has 1 rings (SSSR count). The Morgan fingerprint density at radius 2 is 2.00 bits per heavy atom. The van der Waals surface area contributed by atoms with Gasteiger partial charge in [0.2, 0.25) is 0 Å². The molecule has 0 aliphatic rings. The summed E-state index contributed by atoms with van der Waals surface area (Å²) in [5.74, 6) is 0.930. The number of nitrogens with one attached hydrogen (secondary N) is 1. The van der Waals surface area contributed by atoms with E-state index in [0.717, 1.165) is 25.1 Å². The molecule has 0 amide bonds. The fourth-order valence-electron chi connectivity index (χ4n) is 2.24. The maximum Gasteiger partial charge on any atom is 0.119 e. The van der Waals surface area contributed by atoms with E-state index in [9.17, 15) is 0 Å². The van der Waals surface area contributed by atoms with Gasteiger partial charge in [0.05, 0.1) is 7.11 Å². The number of nitrogens with zero attached hydrogens (tertiary/aromatic N) is 1. The molecule has 0 saturated heterocycles. The summed E-state index contributed by atoms with van der Waals surface area (Å²) < 4.78 is 5.32. The predicted molar refractivity (Wildman–Crippen MR) is 86.5 cm³/mol. The van der Waals surface area contributed by atoms with Crippen LogP contribution >= 0.6 is 0 Å². The van der Waals surface area contributed by atoms with Crippen molar-refractivity contribution in [2.24, 2.45) is 0 Å². The van der Waals surface area contributed by atoms with Gasteiger partial charge in [0.25, 0.3) is 0 Å². The van der Waals surface area contributed by atoms with Crippen molar-refractivity contribution in [3.63, 3.8) is 0 Å². The zero-order valence-electron chi connectivity index (χ0n) is 13.9.